The quantitative estimate of drug-likeness (QED) is 0.319. The Morgan fingerprint density at radius 2 is 1.58 bits per heavy atom. The van der Waals surface area contributed by atoms with Crippen LogP contribution < -0.4 is 0 Å². The van der Waals surface area contributed by atoms with Gasteiger partial charge in [0.1, 0.15) is 0 Å². The summed E-state index contributed by atoms with van der Waals surface area (Å²) in [5.74, 6) is -0.0254. The summed E-state index contributed by atoms with van der Waals surface area (Å²) in [5, 5.41) is 0.00391. The molecule has 0 amide bonds. The number of aryl methyl sites for hydroxylation is 1. The lowest BCUT2D eigenvalue weighted by Gasteiger charge is -2.40. The zero-order chi connectivity index (χ0) is 23.3. The molecule has 0 fully saturated rings. The molecule has 0 saturated carbocycles. The Morgan fingerprint density at radius 1 is 1.00 bits per heavy atom. The molecule has 2 aromatic carbocycles. The Kier molecular flexibility index (Phi) is 8.45. The van der Waals surface area contributed by atoms with Gasteiger partial charge in [-0.05, 0) is 42.8 Å². The molecule has 2 rings (SSSR count). The standard InChI is InChI=1S/C25H36O4SSi/c1-20-13-17-23(18-14-20)30(26,27)28-19-24(29-31(6,7)25(3,4)5)21(2)15-16-22-11-9-8-10-12-22/h8-18,21,24H,19H2,1-7H3/b16-15+/t21-,24+/m1/s1. The van der Waals surface area contributed by atoms with Crippen LogP contribution in [0.4, 0.5) is 0 Å². The summed E-state index contributed by atoms with van der Waals surface area (Å²) in [6.07, 6.45) is 3.73. The minimum atomic E-state index is -3.85. The van der Waals surface area contributed by atoms with E-state index >= 15 is 0 Å². The highest BCUT2D eigenvalue weighted by Crippen LogP contribution is 2.38. The molecule has 170 valence electrons. The Balaban J connectivity index is 2.22. The van der Waals surface area contributed by atoms with Crippen LogP contribution >= 0.6 is 0 Å². The molecule has 0 saturated heterocycles. The van der Waals surface area contributed by atoms with E-state index in [1.807, 2.05) is 50.3 Å². The second-order valence-electron chi connectivity index (χ2n) is 9.60. The third kappa shape index (κ3) is 7.42. The van der Waals surface area contributed by atoms with Crippen molar-refractivity contribution in [3.63, 3.8) is 0 Å². The molecule has 2 aromatic rings. The summed E-state index contributed by atoms with van der Waals surface area (Å²) >= 11 is 0. The minimum Gasteiger partial charge on any atom is -0.411 e. The summed E-state index contributed by atoms with van der Waals surface area (Å²) in [4.78, 5) is 0.164. The largest absolute Gasteiger partial charge is 0.411 e. The molecule has 0 aliphatic rings. The highest BCUT2D eigenvalue weighted by Gasteiger charge is 2.40. The Labute approximate surface area is 189 Å². The first-order chi connectivity index (χ1) is 14.3. The number of hydrogen-bond donors (Lipinski definition) is 0. The molecule has 0 N–H and O–H groups in total. The lowest BCUT2D eigenvalue weighted by Crippen LogP contribution is -2.46. The topological polar surface area (TPSA) is 52.6 Å². The van der Waals surface area contributed by atoms with Gasteiger partial charge in [0.25, 0.3) is 10.1 Å². The zero-order valence-corrected chi connectivity index (χ0v) is 21.6. The van der Waals surface area contributed by atoms with E-state index in [0.717, 1.165) is 11.1 Å². The third-order valence-electron chi connectivity index (χ3n) is 5.93. The van der Waals surface area contributed by atoms with E-state index in [0.29, 0.717) is 0 Å². The van der Waals surface area contributed by atoms with Crippen LogP contribution in [0.1, 0.15) is 38.8 Å². The van der Waals surface area contributed by atoms with Crippen LogP contribution in [0, 0.1) is 12.8 Å². The Bertz CT molecular complexity index is 959. The molecule has 0 heterocycles. The van der Waals surface area contributed by atoms with E-state index in [1.54, 1.807) is 24.3 Å². The van der Waals surface area contributed by atoms with Crippen molar-refractivity contribution in [3.05, 3.63) is 71.8 Å². The SMILES string of the molecule is Cc1ccc(S(=O)(=O)OC[C@H](O[Si](C)(C)C(C)(C)C)[C@H](C)/C=C/c2ccccc2)cc1. The molecule has 0 bridgehead atoms. The normalized spacial score (nSPS) is 15.2. The molecule has 0 spiro atoms. The van der Waals surface area contributed by atoms with Gasteiger partial charge in [0, 0.05) is 5.92 Å². The number of benzene rings is 2. The van der Waals surface area contributed by atoms with Crippen molar-refractivity contribution in [1.82, 2.24) is 0 Å². The second kappa shape index (κ2) is 10.3. The fourth-order valence-corrected chi connectivity index (χ4v) is 5.04. The molecule has 0 aliphatic heterocycles. The maximum absolute atomic E-state index is 12.7. The van der Waals surface area contributed by atoms with E-state index in [4.69, 9.17) is 8.61 Å². The van der Waals surface area contributed by atoms with Crippen LogP contribution in [0.3, 0.4) is 0 Å². The summed E-state index contributed by atoms with van der Waals surface area (Å²) in [5.41, 5.74) is 2.09. The second-order valence-corrected chi connectivity index (χ2v) is 16.0. The van der Waals surface area contributed by atoms with Crippen molar-refractivity contribution in [1.29, 1.82) is 0 Å². The summed E-state index contributed by atoms with van der Waals surface area (Å²) in [6.45, 7) is 14.8. The van der Waals surface area contributed by atoms with Crippen LogP contribution in [0.15, 0.2) is 65.6 Å². The van der Waals surface area contributed by atoms with Crippen LogP contribution in [-0.2, 0) is 18.7 Å². The first kappa shape index (κ1) is 25.5. The molecule has 0 aliphatic carbocycles. The first-order valence-electron chi connectivity index (χ1n) is 10.7. The summed E-state index contributed by atoms with van der Waals surface area (Å²) < 4.78 is 37.5. The number of rotatable bonds is 9. The van der Waals surface area contributed by atoms with Crippen LogP contribution in [0.25, 0.3) is 6.08 Å². The van der Waals surface area contributed by atoms with Gasteiger partial charge in [0.2, 0.25) is 0 Å². The zero-order valence-electron chi connectivity index (χ0n) is 19.8. The molecule has 0 unspecified atom stereocenters. The first-order valence-corrected chi connectivity index (χ1v) is 15.0. The van der Waals surface area contributed by atoms with Crippen LogP contribution in [0.5, 0.6) is 0 Å². The predicted molar refractivity (Wildman–Crippen MR) is 131 cm³/mol. The van der Waals surface area contributed by atoms with Crippen molar-refractivity contribution in [3.8, 4) is 0 Å². The van der Waals surface area contributed by atoms with Crippen LogP contribution in [0.2, 0.25) is 18.1 Å². The number of hydrogen-bond acceptors (Lipinski definition) is 4. The lowest BCUT2D eigenvalue weighted by atomic mass is 10.0. The van der Waals surface area contributed by atoms with E-state index in [2.05, 4.69) is 39.9 Å². The van der Waals surface area contributed by atoms with Gasteiger partial charge in [0.15, 0.2) is 8.32 Å². The van der Waals surface area contributed by atoms with Gasteiger partial charge in [-0.25, -0.2) is 0 Å². The lowest BCUT2D eigenvalue weighted by molar-refractivity contribution is 0.0906. The van der Waals surface area contributed by atoms with Crippen molar-refractivity contribution >= 4 is 24.5 Å². The van der Waals surface area contributed by atoms with E-state index < -0.39 is 18.4 Å². The molecule has 31 heavy (non-hydrogen) atoms. The maximum Gasteiger partial charge on any atom is 0.297 e. The fourth-order valence-electron chi connectivity index (χ4n) is 2.73. The molecule has 4 nitrogen and oxygen atoms in total. The van der Waals surface area contributed by atoms with Crippen molar-refractivity contribution in [2.75, 3.05) is 6.61 Å². The summed E-state index contributed by atoms with van der Waals surface area (Å²) in [7, 11) is -5.98. The molecule has 6 heteroatoms. The van der Waals surface area contributed by atoms with Gasteiger partial charge in [-0.1, -0.05) is 87.9 Å². The van der Waals surface area contributed by atoms with E-state index in [-0.39, 0.29) is 28.6 Å². The average Bonchev–Trinajstić information content (AvgIpc) is 2.69. The van der Waals surface area contributed by atoms with E-state index in [1.165, 1.54) is 0 Å². The van der Waals surface area contributed by atoms with Crippen molar-refractivity contribution < 1.29 is 17.0 Å². The summed E-state index contributed by atoms with van der Waals surface area (Å²) in [6, 6.07) is 16.7. The maximum atomic E-state index is 12.7. The van der Waals surface area contributed by atoms with Crippen molar-refractivity contribution in [2.45, 2.75) is 63.8 Å². The van der Waals surface area contributed by atoms with Gasteiger partial charge < -0.3 is 4.43 Å². The van der Waals surface area contributed by atoms with Gasteiger partial charge in [0.05, 0.1) is 17.6 Å². The fraction of sp³-hybridized carbons (Fsp3) is 0.440. The van der Waals surface area contributed by atoms with E-state index in [9.17, 15) is 8.42 Å². The van der Waals surface area contributed by atoms with Gasteiger partial charge >= 0.3 is 0 Å². The van der Waals surface area contributed by atoms with Crippen LogP contribution in [-0.4, -0.2) is 29.4 Å². The van der Waals surface area contributed by atoms with Crippen molar-refractivity contribution in [2.24, 2.45) is 5.92 Å². The molecule has 2 atom stereocenters. The average molecular weight is 461 g/mol. The van der Waals surface area contributed by atoms with Gasteiger partial charge in [-0.3, -0.25) is 4.18 Å². The smallest absolute Gasteiger partial charge is 0.297 e. The minimum absolute atomic E-state index is 0.00391. The molecular weight excluding hydrogens is 424 g/mol. The third-order valence-corrected chi connectivity index (χ3v) is 11.7. The van der Waals surface area contributed by atoms with Gasteiger partial charge in [-0.15, -0.1) is 0 Å². The predicted octanol–water partition coefficient (Wildman–Crippen LogP) is 6.44. The molecule has 0 aromatic heterocycles. The van der Waals surface area contributed by atoms with Gasteiger partial charge in [-0.2, -0.15) is 8.42 Å². The highest BCUT2D eigenvalue weighted by atomic mass is 32.2. The molecule has 0 radical (unpaired) electrons. The molecular formula is C25H36O4SSi. The Hall–Kier alpha value is -1.73. The highest BCUT2D eigenvalue weighted by molar-refractivity contribution is 7.86. The Morgan fingerprint density at radius 3 is 2.13 bits per heavy atom. The monoisotopic (exact) mass is 460 g/mol.